The van der Waals surface area contributed by atoms with Gasteiger partial charge in [-0.25, -0.2) is 9.97 Å². The van der Waals surface area contributed by atoms with Crippen LogP contribution in [0.25, 0.3) is 11.0 Å². The van der Waals surface area contributed by atoms with Crippen molar-refractivity contribution in [2.75, 3.05) is 5.32 Å². The summed E-state index contributed by atoms with van der Waals surface area (Å²) in [5.41, 5.74) is 2.06. The van der Waals surface area contributed by atoms with E-state index < -0.39 is 6.36 Å². The quantitative estimate of drug-likeness (QED) is 0.767. The van der Waals surface area contributed by atoms with Crippen molar-refractivity contribution < 1.29 is 17.9 Å². The lowest BCUT2D eigenvalue weighted by molar-refractivity contribution is -0.274. The summed E-state index contributed by atoms with van der Waals surface area (Å²) in [4.78, 5) is 8.72. The van der Waals surface area contributed by atoms with Gasteiger partial charge in [-0.2, -0.15) is 0 Å². The van der Waals surface area contributed by atoms with E-state index in [1.165, 1.54) is 24.3 Å². The first-order valence-electron chi connectivity index (χ1n) is 6.76. The second-order valence-corrected chi connectivity index (χ2v) is 4.89. The molecule has 0 aliphatic heterocycles. The number of pyridine rings is 2. The zero-order valence-corrected chi connectivity index (χ0v) is 12.1. The molecule has 0 unspecified atom stereocenters. The number of aryl methyl sites for hydroxylation is 1. The summed E-state index contributed by atoms with van der Waals surface area (Å²) in [6, 6.07) is 12.9. The fourth-order valence-electron chi connectivity index (χ4n) is 2.05. The number of hydrogen-bond acceptors (Lipinski definition) is 4. The number of aromatic nitrogens is 2. The molecule has 0 aliphatic rings. The second-order valence-electron chi connectivity index (χ2n) is 4.89. The van der Waals surface area contributed by atoms with Crippen LogP contribution in [0.2, 0.25) is 0 Å². The van der Waals surface area contributed by atoms with Crippen molar-refractivity contribution in [3.05, 3.63) is 54.2 Å². The normalized spacial score (nSPS) is 11.5. The Morgan fingerprint density at radius 1 is 0.913 bits per heavy atom. The van der Waals surface area contributed by atoms with Gasteiger partial charge in [-0.1, -0.05) is 0 Å². The summed E-state index contributed by atoms with van der Waals surface area (Å²) in [5, 5.41) is 3.93. The first kappa shape index (κ1) is 15.1. The van der Waals surface area contributed by atoms with Crippen LogP contribution >= 0.6 is 0 Å². The van der Waals surface area contributed by atoms with Crippen LogP contribution in [-0.4, -0.2) is 16.3 Å². The molecule has 0 fully saturated rings. The van der Waals surface area contributed by atoms with E-state index in [0.29, 0.717) is 17.2 Å². The molecular formula is C16H12F3N3O. The van der Waals surface area contributed by atoms with E-state index in [1.54, 1.807) is 6.07 Å². The monoisotopic (exact) mass is 319 g/mol. The molecule has 0 amide bonds. The highest BCUT2D eigenvalue weighted by molar-refractivity contribution is 5.77. The lowest BCUT2D eigenvalue weighted by Crippen LogP contribution is -2.16. The van der Waals surface area contributed by atoms with Gasteiger partial charge in [0.2, 0.25) is 0 Å². The number of rotatable bonds is 3. The highest BCUT2D eigenvalue weighted by Gasteiger charge is 2.30. The largest absolute Gasteiger partial charge is 0.573 e. The predicted molar refractivity (Wildman–Crippen MR) is 80.7 cm³/mol. The summed E-state index contributed by atoms with van der Waals surface area (Å²) in [6.45, 7) is 1.88. The molecule has 3 aromatic rings. The Balaban J connectivity index is 1.79. The molecule has 2 heterocycles. The number of halogens is 3. The van der Waals surface area contributed by atoms with Gasteiger partial charge in [-0.05, 0) is 55.5 Å². The van der Waals surface area contributed by atoms with Crippen molar-refractivity contribution >= 4 is 22.5 Å². The van der Waals surface area contributed by atoms with Gasteiger partial charge in [0.05, 0.1) is 0 Å². The number of alkyl halides is 3. The number of fused-ring (bicyclic) bond motifs is 1. The van der Waals surface area contributed by atoms with Crippen LogP contribution in [0.5, 0.6) is 5.75 Å². The van der Waals surface area contributed by atoms with E-state index in [1.807, 2.05) is 25.1 Å². The van der Waals surface area contributed by atoms with Crippen molar-refractivity contribution in [1.82, 2.24) is 9.97 Å². The molecule has 0 spiro atoms. The fraction of sp³-hybridized carbons (Fsp3) is 0.125. The van der Waals surface area contributed by atoms with Crippen molar-refractivity contribution in [2.45, 2.75) is 13.3 Å². The van der Waals surface area contributed by atoms with Crippen LogP contribution < -0.4 is 10.1 Å². The SMILES string of the molecule is Cc1ccc2ccc(Nc3ccc(OC(F)(F)F)cc3)nc2n1. The fourth-order valence-corrected chi connectivity index (χ4v) is 2.05. The average molecular weight is 319 g/mol. The number of benzene rings is 1. The van der Waals surface area contributed by atoms with Crippen LogP contribution in [0.15, 0.2) is 48.5 Å². The van der Waals surface area contributed by atoms with Crippen LogP contribution in [0.1, 0.15) is 5.69 Å². The molecule has 2 aromatic heterocycles. The summed E-state index contributed by atoms with van der Waals surface area (Å²) < 4.78 is 40.2. The van der Waals surface area contributed by atoms with E-state index >= 15 is 0 Å². The highest BCUT2D eigenvalue weighted by Crippen LogP contribution is 2.25. The molecule has 1 aromatic carbocycles. The third-order valence-corrected chi connectivity index (χ3v) is 3.05. The topological polar surface area (TPSA) is 47.0 Å². The van der Waals surface area contributed by atoms with Gasteiger partial charge in [0.1, 0.15) is 11.6 Å². The Bertz CT molecular complexity index is 832. The van der Waals surface area contributed by atoms with Crippen molar-refractivity contribution in [1.29, 1.82) is 0 Å². The molecule has 0 saturated carbocycles. The molecule has 4 nitrogen and oxygen atoms in total. The van der Waals surface area contributed by atoms with Gasteiger partial charge in [0, 0.05) is 16.8 Å². The smallest absolute Gasteiger partial charge is 0.406 e. The summed E-state index contributed by atoms with van der Waals surface area (Å²) >= 11 is 0. The molecule has 0 saturated heterocycles. The summed E-state index contributed by atoms with van der Waals surface area (Å²) in [5.74, 6) is 0.284. The molecule has 0 radical (unpaired) electrons. The highest BCUT2D eigenvalue weighted by atomic mass is 19.4. The second kappa shape index (κ2) is 5.75. The molecule has 0 bridgehead atoms. The number of nitrogens with one attached hydrogen (secondary N) is 1. The van der Waals surface area contributed by atoms with Crippen molar-refractivity contribution in [3.63, 3.8) is 0 Å². The first-order chi connectivity index (χ1) is 10.9. The van der Waals surface area contributed by atoms with Crippen LogP contribution in [0.4, 0.5) is 24.7 Å². The molecule has 3 rings (SSSR count). The zero-order valence-electron chi connectivity index (χ0n) is 12.1. The van der Waals surface area contributed by atoms with Gasteiger partial charge >= 0.3 is 6.36 Å². The maximum Gasteiger partial charge on any atom is 0.573 e. The Morgan fingerprint density at radius 3 is 2.30 bits per heavy atom. The number of ether oxygens (including phenoxy) is 1. The lowest BCUT2D eigenvalue weighted by Gasteiger charge is -2.10. The van der Waals surface area contributed by atoms with E-state index in [2.05, 4.69) is 20.0 Å². The van der Waals surface area contributed by atoms with Crippen molar-refractivity contribution in [3.8, 4) is 5.75 Å². The minimum absolute atomic E-state index is 0.271. The Labute approximate surface area is 129 Å². The minimum Gasteiger partial charge on any atom is -0.406 e. The van der Waals surface area contributed by atoms with Crippen LogP contribution in [0.3, 0.4) is 0 Å². The van der Waals surface area contributed by atoms with Crippen LogP contribution in [0, 0.1) is 6.92 Å². The molecule has 118 valence electrons. The maximum absolute atomic E-state index is 12.1. The molecular weight excluding hydrogens is 307 g/mol. The molecule has 1 N–H and O–H groups in total. The zero-order chi connectivity index (χ0) is 16.4. The van der Waals surface area contributed by atoms with Gasteiger partial charge in [0.25, 0.3) is 0 Å². The Morgan fingerprint density at radius 2 is 1.61 bits per heavy atom. The summed E-state index contributed by atoms with van der Waals surface area (Å²) in [6.07, 6.45) is -4.70. The van der Waals surface area contributed by atoms with Gasteiger partial charge in [0.15, 0.2) is 5.65 Å². The number of anilines is 2. The number of hydrogen-bond donors (Lipinski definition) is 1. The molecule has 0 atom stereocenters. The van der Waals surface area contributed by atoms with Crippen LogP contribution in [-0.2, 0) is 0 Å². The van der Waals surface area contributed by atoms with Gasteiger partial charge in [-0.15, -0.1) is 13.2 Å². The Kier molecular flexibility index (Phi) is 3.77. The van der Waals surface area contributed by atoms with E-state index in [0.717, 1.165) is 11.1 Å². The van der Waals surface area contributed by atoms with E-state index in [9.17, 15) is 13.2 Å². The Hall–Kier alpha value is -2.83. The van der Waals surface area contributed by atoms with Gasteiger partial charge in [-0.3, -0.25) is 0 Å². The number of nitrogens with zero attached hydrogens (tertiary/aromatic N) is 2. The minimum atomic E-state index is -4.70. The summed E-state index contributed by atoms with van der Waals surface area (Å²) in [7, 11) is 0. The molecule has 0 aliphatic carbocycles. The molecule has 23 heavy (non-hydrogen) atoms. The van der Waals surface area contributed by atoms with Crippen molar-refractivity contribution in [2.24, 2.45) is 0 Å². The first-order valence-corrected chi connectivity index (χ1v) is 6.76. The maximum atomic E-state index is 12.1. The average Bonchev–Trinajstić information content (AvgIpc) is 2.47. The van der Waals surface area contributed by atoms with Gasteiger partial charge < -0.3 is 10.1 Å². The lowest BCUT2D eigenvalue weighted by atomic mass is 10.2. The standard InChI is InChI=1S/C16H12F3N3O/c1-10-2-3-11-4-9-14(22-15(11)20-10)21-12-5-7-13(8-6-12)23-16(17,18)19/h2-9H,1H3,(H,20,21,22). The van der Waals surface area contributed by atoms with E-state index in [-0.39, 0.29) is 5.75 Å². The third kappa shape index (κ3) is 3.88. The molecule has 7 heteroatoms. The van der Waals surface area contributed by atoms with E-state index in [4.69, 9.17) is 0 Å². The third-order valence-electron chi connectivity index (χ3n) is 3.05. The predicted octanol–water partition coefficient (Wildman–Crippen LogP) is 4.58.